The number of aryl methyl sites for hydroxylation is 1. The second-order valence-electron chi connectivity index (χ2n) is 5.62. The van der Waals surface area contributed by atoms with Gasteiger partial charge in [-0.05, 0) is 24.1 Å². The van der Waals surface area contributed by atoms with Crippen LogP contribution in [-0.2, 0) is 11.8 Å². The van der Waals surface area contributed by atoms with Crippen LogP contribution in [0, 0.1) is 6.92 Å². The van der Waals surface area contributed by atoms with Crippen molar-refractivity contribution in [1.82, 2.24) is 14.8 Å². The van der Waals surface area contributed by atoms with Crippen LogP contribution in [0.2, 0.25) is 0 Å². The molecule has 0 fully saturated rings. The van der Waals surface area contributed by atoms with Gasteiger partial charge in [0, 0.05) is 18.3 Å². The molecule has 1 atom stereocenters. The van der Waals surface area contributed by atoms with Gasteiger partial charge in [-0.3, -0.25) is 4.79 Å². The zero-order valence-electron chi connectivity index (χ0n) is 13.6. The van der Waals surface area contributed by atoms with E-state index in [2.05, 4.69) is 15.5 Å². The van der Waals surface area contributed by atoms with Crippen LogP contribution in [0.1, 0.15) is 17.2 Å². The Labute approximate surface area is 140 Å². The molecule has 0 saturated heterocycles. The molecule has 1 amide bonds. The maximum atomic E-state index is 12.5. The molecule has 24 heavy (non-hydrogen) atoms. The lowest BCUT2D eigenvalue weighted by Crippen LogP contribution is -2.28. The number of nitrogens with zero attached hydrogens (tertiary/aromatic N) is 3. The van der Waals surface area contributed by atoms with Crippen molar-refractivity contribution in [2.24, 2.45) is 12.8 Å². The van der Waals surface area contributed by atoms with E-state index in [1.807, 2.05) is 67.1 Å². The van der Waals surface area contributed by atoms with E-state index >= 15 is 0 Å². The molecule has 1 heterocycles. The second-order valence-corrected chi connectivity index (χ2v) is 5.62. The molecule has 0 aliphatic heterocycles. The number of hydrogen-bond donors (Lipinski definition) is 2. The predicted octanol–water partition coefficient (Wildman–Crippen LogP) is 2.43. The van der Waals surface area contributed by atoms with E-state index in [4.69, 9.17) is 5.73 Å². The summed E-state index contributed by atoms with van der Waals surface area (Å²) in [6, 6.07) is 14.3. The largest absolute Gasteiger partial charge is 0.324 e. The molecule has 0 aliphatic carbocycles. The normalized spacial score (nSPS) is 12.0. The number of benzene rings is 2. The lowest BCUT2D eigenvalue weighted by Gasteiger charge is -2.15. The zero-order chi connectivity index (χ0) is 17.1. The molecule has 0 bridgehead atoms. The van der Waals surface area contributed by atoms with Crippen LogP contribution in [0.25, 0.3) is 11.4 Å². The van der Waals surface area contributed by atoms with Crippen molar-refractivity contribution in [3.05, 3.63) is 66.0 Å². The summed E-state index contributed by atoms with van der Waals surface area (Å²) in [5, 5.41) is 10.9. The number of carbonyl (C=O) groups excluding carboxylic acids is 1. The van der Waals surface area contributed by atoms with E-state index in [-0.39, 0.29) is 5.91 Å². The average Bonchev–Trinajstić information content (AvgIpc) is 3.02. The molecule has 0 unspecified atom stereocenters. The zero-order valence-corrected chi connectivity index (χ0v) is 13.6. The Bertz CT molecular complexity index is 857. The van der Waals surface area contributed by atoms with E-state index in [1.54, 1.807) is 6.33 Å². The number of rotatable bonds is 4. The van der Waals surface area contributed by atoms with Crippen molar-refractivity contribution < 1.29 is 4.79 Å². The van der Waals surface area contributed by atoms with Gasteiger partial charge >= 0.3 is 0 Å². The molecule has 6 nitrogen and oxygen atoms in total. The fraction of sp³-hybridized carbons (Fsp3) is 0.167. The minimum absolute atomic E-state index is 0.251. The Morgan fingerprint density at radius 1 is 1.17 bits per heavy atom. The standard InChI is InChI=1S/C18H19N5O/c1-12-14(17-22-20-11-23(17)2)9-6-10-15(12)21-18(24)16(19)13-7-4-3-5-8-13/h3-11,16H,19H2,1-2H3,(H,21,24)/t16-/m1/s1. The van der Waals surface area contributed by atoms with Crippen molar-refractivity contribution >= 4 is 11.6 Å². The first-order valence-corrected chi connectivity index (χ1v) is 7.63. The second kappa shape index (κ2) is 6.64. The molecule has 122 valence electrons. The van der Waals surface area contributed by atoms with Crippen LogP contribution in [0.4, 0.5) is 5.69 Å². The maximum absolute atomic E-state index is 12.5. The van der Waals surface area contributed by atoms with Gasteiger partial charge in [0.05, 0.1) is 0 Å². The molecule has 3 aromatic rings. The number of carbonyl (C=O) groups is 1. The lowest BCUT2D eigenvalue weighted by molar-refractivity contribution is -0.117. The van der Waals surface area contributed by atoms with Crippen molar-refractivity contribution in [2.75, 3.05) is 5.32 Å². The molecular weight excluding hydrogens is 302 g/mol. The molecule has 0 saturated carbocycles. The van der Waals surface area contributed by atoms with E-state index in [1.165, 1.54) is 0 Å². The van der Waals surface area contributed by atoms with E-state index < -0.39 is 6.04 Å². The summed E-state index contributed by atoms with van der Waals surface area (Å²) in [6.07, 6.45) is 1.64. The molecule has 2 aromatic carbocycles. The van der Waals surface area contributed by atoms with Gasteiger partial charge in [0.1, 0.15) is 12.4 Å². The van der Waals surface area contributed by atoms with E-state index in [0.29, 0.717) is 5.69 Å². The van der Waals surface area contributed by atoms with Crippen molar-refractivity contribution in [3.63, 3.8) is 0 Å². The van der Waals surface area contributed by atoms with Gasteiger partial charge in [-0.15, -0.1) is 10.2 Å². The summed E-state index contributed by atoms with van der Waals surface area (Å²) in [6.45, 7) is 1.94. The Hall–Kier alpha value is -2.99. The number of aromatic nitrogens is 3. The monoisotopic (exact) mass is 321 g/mol. The smallest absolute Gasteiger partial charge is 0.245 e. The first-order valence-electron chi connectivity index (χ1n) is 7.63. The molecule has 3 rings (SSSR count). The first-order chi connectivity index (χ1) is 11.6. The summed E-state index contributed by atoms with van der Waals surface area (Å²) < 4.78 is 1.84. The van der Waals surface area contributed by atoms with Gasteiger partial charge in [0.25, 0.3) is 0 Å². The fourth-order valence-corrected chi connectivity index (χ4v) is 2.56. The Balaban J connectivity index is 1.86. The van der Waals surface area contributed by atoms with Gasteiger partial charge in [0.15, 0.2) is 5.82 Å². The Morgan fingerprint density at radius 3 is 2.58 bits per heavy atom. The summed E-state index contributed by atoms with van der Waals surface area (Å²) in [4.78, 5) is 12.5. The van der Waals surface area contributed by atoms with Gasteiger partial charge in [-0.25, -0.2) is 0 Å². The summed E-state index contributed by atoms with van der Waals surface area (Å²) in [5.74, 6) is 0.496. The third-order valence-corrected chi connectivity index (χ3v) is 3.99. The first kappa shape index (κ1) is 15.9. The van der Waals surface area contributed by atoms with Crippen LogP contribution < -0.4 is 11.1 Å². The van der Waals surface area contributed by atoms with Crippen molar-refractivity contribution in [3.8, 4) is 11.4 Å². The molecule has 1 aromatic heterocycles. The Kier molecular flexibility index (Phi) is 4.39. The molecular formula is C18H19N5O. The van der Waals surface area contributed by atoms with Gasteiger partial charge < -0.3 is 15.6 Å². The minimum Gasteiger partial charge on any atom is -0.324 e. The third-order valence-electron chi connectivity index (χ3n) is 3.99. The number of anilines is 1. The summed E-state index contributed by atoms with van der Waals surface area (Å²) in [7, 11) is 1.88. The molecule has 0 aliphatic rings. The highest BCUT2D eigenvalue weighted by atomic mass is 16.2. The molecule has 3 N–H and O–H groups in total. The number of amides is 1. The fourth-order valence-electron chi connectivity index (χ4n) is 2.56. The van der Waals surface area contributed by atoms with Crippen LogP contribution in [0.15, 0.2) is 54.9 Å². The topological polar surface area (TPSA) is 85.8 Å². The van der Waals surface area contributed by atoms with E-state index in [0.717, 1.165) is 22.5 Å². The molecule has 6 heteroatoms. The van der Waals surface area contributed by atoms with Crippen LogP contribution >= 0.6 is 0 Å². The van der Waals surface area contributed by atoms with Crippen molar-refractivity contribution in [1.29, 1.82) is 0 Å². The molecule has 0 radical (unpaired) electrons. The number of nitrogens with two attached hydrogens (primary N) is 1. The summed E-state index contributed by atoms with van der Waals surface area (Å²) >= 11 is 0. The summed E-state index contributed by atoms with van der Waals surface area (Å²) in [5.41, 5.74) is 9.38. The predicted molar refractivity (Wildman–Crippen MR) is 93.2 cm³/mol. The highest BCUT2D eigenvalue weighted by Crippen LogP contribution is 2.27. The van der Waals surface area contributed by atoms with Gasteiger partial charge in [0.2, 0.25) is 5.91 Å². The van der Waals surface area contributed by atoms with E-state index in [9.17, 15) is 4.79 Å². The SMILES string of the molecule is Cc1c(NC(=O)[C@H](N)c2ccccc2)cccc1-c1nncn1C. The minimum atomic E-state index is -0.718. The maximum Gasteiger partial charge on any atom is 0.245 e. The average molecular weight is 321 g/mol. The van der Waals surface area contributed by atoms with Crippen LogP contribution in [0.3, 0.4) is 0 Å². The highest BCUT2D eigenvalue weighted by Gasteiger charge is 2.18. The van der Waals surface area contributed by atoms with Crippen LogP contribution in [-0.4, -0.2) is 20.7 Å². The van der Waals surface area contributed by atoms with Gasteiger partial charge in [-0.1, -0.05) is 42.5 Å². The molecule has 0 spiro atoms. The third kappa shape index (κ3) is 3.04. The quantitative estimate of drug-likeness (QED) is 0.773. The van der Waals surface area contributed by atoms with Crippen molar-refractivity contribution in [2.45, 2.75) is 13.0 Å². The highest BCUT2D eigenvalue weighted by molar-refractivity contribution is 5.96. The van der Waals surface area contributed by atoms with Gasteiger partial charge in [-0.2, -0.15) is 0 Å². The number of hydrogen-bond acceptors (Lipinski definition) is 4. The Morgan fingerprint density at radius 2 is 1.92 bits per heavy atom. The van der Waals surface area contributed by atoms with Crippen LogP contribution in [0.5, 0.6) is 0 Å². The number of nitrogens with one attached hydrogen (secondary N) is 1. The lowest BCUT2D eigenvalue weighted by atomic mass is 10.0.